The highest BCUT2D eigenvalue weighted by Crippen LogP contribution is 2.15. The van der Waals surface area contributed by atoms with Gasteiger partial charge in [-0.1, -0.05) is 50.7 Å². The summed E-state index contributed by atoms with van der Waals surface area (Å²) in [5.74, 6) is 0. The molecule has 0 bridgehead atoms. The second kappa shape index (κ2) is 8.51. The average Bonchev–Trinajstić information content (AvgIpc) is 2.77. The van der Waals surface area contributed by atoms with Crippen LogP contribution in [0.15, 0.2) is 6.20 Å². The Balaban J connectivity index is 2.05. The zero-order chi connectivity index (χ0) is 12.5. The van der Waals surface area contributed by atoms with E-state index in [1.54, 1.807) is 0 Å². The molecule has 0 aliphatic rings. The van der Waals surface area contributed by atoms with Gasteiger partial charge in [-0.3, -0.25) is 4.68 Å². The van der Waals surface area contributed by atoms with Gasteiger partial charge in [-0.05, 0) is 13.3 Å². The van der Waals surface area contributed by atoms with E-state index in [-0.39, 0.29) is 5.38 Å². The van der Waals surface area contributed by atoms with Crippen LogP contribution in [0.2, 0.25) is 0 Å². The fourth-order valence-corrected chi connectivity index (χ4v) is 1.94. The summed E-state index contributed by atoms with van der Waals surface area (Å²) >= 11 is 5.93. The third kappa shape index (κ3) is 6.06. The van der Waals surface area contributed by atoms with Crippen LogP contribution in [-0.2, 0) is 6.54 Å². The Kier molecular flexibility index (Phi) is 7.25. The first-order valence-corrected chi connectivity index (χ1v) is 7.21. The number of nitrogens with zero attached hydrogens (tertiary/aromatic N) is 3. The first-order chi connectivity index (χ1) is 8.24. The quantitative estimate of drug-likeness (QED) is 0.487. The van der Waals surface area contributed by atoms with E-state index in [4.69, 9.17) is 11.6 Å². The molecule has 1 aromatic heterocycles. The van der Waals surface area contributed by atoms with Crippen molar-refractivity contribution in [2.75, 3.05) is 0 Å². The molecule has 98 valence electrons. The Morgan fingerprint density at radius 2 is 1.82 bits per heavy atom. The SMILES string of the molecule is CCCCCCCCCn1cc(C(C)Cl)nn1. The van der Waals surface area contributed by atoms with E-state index in [1.807, 2.05) is 17.8 Å². The lowest BCUT2D eigenvalue weighted by Crippen LogP contribution is -1.98. The topological polar surface area (TPSA) is 30.7 Å². The van der Waals surface area contributed by atoms with Crippen molar-refractivity contribution in [3.05, 3.63) is 11.9 Å². The molecule has 1 unspecified atom stereocenters. The molecule has 0 aromatic carbocycles. The normalized spacial score (nSPS) is 12.9. The lowest BCUT2D eigenvalue weighted by molar-refractivity contribution is 0.513. The molecule has 1 heterocycles. The lowest BCUT2D eigenvalue weighted by Gasteiger charge is -2.01. The predicted molar refractivity (Wildman–Crippen MR) is 72.3 cm³/mol. The molecule has 0 aliphatic carbocycles. The minimum absolute atomic E-state index is 0.0437. The van der Waals surface area contributed by atoms with E-state index in [0.717, 1.165) is 12.2 Å². The van der Waals surface area contributed by atoms with E-state index >= 15 is 0 Å². The number of hydrogen-bond donors (Lipinski definition) is 0. The molecule has 17 heavy (non-hydrogen) atoms. The molecule has 1 rings (SSSR count). The standard InChI is InChI=1S/C13H24ClN3/c1-3-4-5-6-7-8-9-10-17-11-13(12(2)14)15-16-17/h11-12H,3-10H2,1-2H3. The second-order valence-corrected chi connectivity index (χ2v) is 5.30. The number of aromatic nitrogens is 3. The summed E-state index contributed by atoms with van der Waals surface area (Å²) in [5.41, 5.74) is 0.870. The number of unbranched alkanes of at least 4 members (excludes halogenated alkanes) is 6. The summed E-state index contributed by atoms with van der Waals surface area (Å²) in [7, 11) is 0. The van der Waals surface area contributed by atoms with Crippen LogP contribution in [-0.4, -0.2) is 15.0 Å². The van der Waals surface area contributed by atoms with E-state index in [2.05, 4.69) is 17.2 Å². The van der Waals surface area contributed by atoms with Crippen LogP contribution in [0, 0.1) is 0 Å². The first-order valence-electron chi connectivity index (χ1n) is 6.78. The van der Waals surface area contributed by atoms with Crippen LogP contribution in [0.25, 0.3) is 0 Å². The van der Waals surface area contributed by atoms with Gasteiger partial charge in [0.15, 0.2) is 0 Å². The number of halogens is 1. The van der Waals surface area contributed by atoms with Gasteiger partial charge in [0.05, 0.1) is 5.38 Å². The van der Waals surface area contributed by atoms with Crippen molar-refractivity contribution in [1.29, 1.82) is 0 Å². The molecule has 0 spiro atoms. The molecule has 4 heteroatoms. The Morgan fingerprint density at radius 1 is 1.18 bits per heavy atom. The molecule has 0 radical (unpaired) electrons. The van der Waals surface area contributed by atoms with Gasteiger partial charge < -0.3 is 0 Å². The van der Waals surface area contributed by atoms with Gasteiger partial charge in [0.2, 0.25) is 0 Å². The lowest BCUT2D eigenvalue weighted by atomic mass is 10.1. The van der Waals surface area contributed by atoms with Crippen LogP contribution in [0.4, 0.5) is 0 Å². The van der Waals surface area contributed by atoms with Gasteiger partial charge in [-0.2, -0.15) is 0 Å². The Labute approximate surface area is 110 Å². The first kappa shape index (κ1) is 14.5. The summed E-state index contributed by atoms with van der Waals surface area (Å²) < 4.78 is 1.90. The molecule has 0 N–H and O–H groups in total. The molecule has 0 fully saturated rings. The number of hydrogen-bond acceptors (Lipinski definition) is 2. The van der Waals surface area contributed by atoms with Gasteiger partial charge in [0.1, 0.15) is 5.69 Å². The van der Waals surface area contributed by atoms with Crippen molar-refractivity contribution >= 4 is 11.6 Å². The summed E-state index contributed by atoms with van der Waals surface area (Å²) in [6.45, 7) is 5.13. The largest absolute Gasteiger partial charge is 0.252 e. The van der Waals surface area contributed by atoms with Crippen molar-refractivity contribution in [1.82, 2.24) is 15.0 Å². The van der Waals surface area contributed by atoms with Crippen LogP contribution in [0.5, 0.6) is 0 Å². The minimum Gasteiger partial charge on any atom is -0.252 e. The molecular weight excluding hydrogens is 234 g/mol. The third-order valence-electron chi connectivity index (χ3n) is 2.95. The van der Waals surface area contributed by atoms with E-state index in [1.165, 1.54) is 44.9 Å². The molecule has 0 saturated carbocycles. The fraction of sp³-hybridized carbons (Fsp3) is 0.846. The second-order valence-electron chi connectivity index (χ2n) is 4.64. The van der Waals surface area contributed by atoms with Gasteiger partial charge in [-0.25, -0.2) is 0 Å². The van der Waals surface area contributed by atoms with Crippen molar-refractivity contribution in [3.63, 3.8) is 0 Å². The van der Waals surface area contributed by atoms with Gasteiger partial charge in [-0.15, -0.1) is 16.7 Å². The minimum atomic E-state index is -0.0437. The molecule has 1 aromatic rings. The monoisotopic (exact) mass is 257 g/mol. The van der Waals surface area contributed by atoms with Crippen molar-refractivity contribution in [2.45, 2.75) is 70.7 Å². The van der Waals surface area contributed by atoms with Crippen molar-refractivity contribution < 1.29 is 0 Å². The Bertz CT molecular complexity index is 297. The summed E-state index contributed by atoms with van der Waals surface area (Å²) in [6.07, 6.45) is 11.2. The molecule has 0 aliphatic heterocycles. The Hall–Kier alpha value is -0.570. The van der Waals surface area contributed by atoms with Crippen molar-refractivity contribution in [3.8, 4) is 0 Å². The summed E-state index contributed by atoms with van der Waals surface area (Å²) in [4.78, 5) is 0. The molecular formula is C13H24ClN3. The van der Waals surface area contributed by atoms with Gasteiger partial charge in [0, 0.05) is 12.7 Å². The van der Waals surface area contributed by atoms with E-state index < -0.39 is 0 Å². The zero-order valence-corrected chi connectivity index (χ0v) is 11.8. The molecule has 1 atom stereocenters. The summed E-state index contributed by atoms with van der Waals surface area (Å²) in [6, 6.07) is 0. The Morgan fingerprint density at radius 3 is 2.41 bits per heavy atom. The summed E-state index contributed by atoms with van der Waals surface area (Å²) in [5, 5.41) is 8.06. The predicted octanol–water partition coefficient (Wildman–Crippen LogP) is 4.33. The average molecular weight is 258 g/mol. The number of rotatable bonds is 9. The number of alkyl halides is 1. The highest BCUT2D eigenvalue weighted by Gasteiger charge is 2.05. The van der Waals surface area contributed by atoms with Crippen LogP contribution < -0.4 is 0 Å². The smallest absolute Gasteiger partial charge is 0.100 e. The molecule has 3 nitrogen and oxygen atoms in total. The highest BCUT2D eigenvalue weighted by molar-refractivity contribution is 6.20. The third-order valence-corrected chi connectivity index (χ3v) is 3.18. The molecule has 0 amide bonds. The maximum atomic E-state index is 5.93. The van der Waals surface area contributed by atoms with Crippen LogP contribution in [0.3, 0.4) is 0 Å². The highest BCUT2D eigenvalue weighted by atomic mass is 35.5. The van der Waals surface area contributed by atoms with E-state index in [9.17, 15) is 0 Å². The van der Waals surface area contributed by atoms with Gasteiger partial charge >= 0.3 is 0 Å². The van der Waals surface area contributed by atoms with Gasteiger partial charge in [0.25, 0.3) is 0 Å². The molecule has 0 saturated heterocycles. The number of aryl methyl sites for hydroxylation is 1. The van der Waals surface area contributed by atoms with Crippen molar-refractivity contribution in [2.24, 2.45) is 0 Å². The maximum absolute atomic E-state index is 5.93. The maximum Gasteiger partial charge on any atom is 0.100 e. The zero-order valence-electron chi connectivity index (χ0n) is 11.0. The van der Waals surface area contributed by atoms with E-state index in [0.29, 0.717) is 0 Å². The van der Waals surface area contributed by atoms with Crippen LogP contribution >= 0.6 is 11.6 Å². The fourth-order valence-electron chi connectivity index (χ4n) is 1.84. The van der Waals surface area contributed by atoms with Crippen LogP contribution in [0.1, 0.15) is 69.9 Å².